The number of aryl methyl sites for hydroxylation is 2. The number of H-pyrrole nitrogens is 1. The Labute approximate surface area is 215 Å². The van der Waals surface area contributed by atoms with Gasteiger partial charge in [0.25, 0.3) is 5.56 Å². The molecule has 0 spiro atoms. The van der Waals surface area contributed by atoms with E-state index in [1.54, 1.807) is 48.0 Å². The molecule has 0 amide bonds. The minimum absolute atomic E-state index is 0.154. The third-order valence-corrected chi connectivity index (χ3v) is 6.92. The second-order valence-corrected chi connectivity index (χ2v) is 9.37. The van der Waals surface area contributed by atoms with E-state index in [1.807, 2.05) is 18.2 Å². The Morgan fingerprint density at radius 3 is 2.78 bits per heavy atom. The predicted octanol–water partition coefficient (Wildman–Crippen LogP) is 4.08. The molecule has 0 bridgehead atoms. The van der Waals surface area contributed by atoms with Crippen molar-refractivity contribution in [3.8, 4) is 28.1 Å². The smallest absolute Gasteiger partial charge is 0.335 e. The van der Waals surface area contributed by atoms with Crippen molar-refractivity contribution in [2.24, 2.45) is 0 Å². The zero-order valence-electron chi connectivity index (χ0n) is 19.6. The van der Waals surface area contributed by atoms with E-state index in [9.17, 15) is 14.7 Å². The van der Waals surface area contributed by atoms with Gasteiger partial charge in [-0.2, -0.15) is 4.68 Å². The summed E-state index contributed by atoms with van der Waals surface area (Å²) in [5.41, 5.74) is 5.26. The van der Waals surface area contributed by atoms with E-state index in [-0.39, 0.29) is 17.2 Å². The summed E-state index contributed by atoms with van der Waals surface area (Å²) >= 11 is 6.29. The molecule has 5 aromatic rings. The van der Waals surface area contributed by atoms with Gasteiger partial charge in [0.2, 0.25) is 0 Å². The number of nitrogens with one attached hydrogen (secondary N) is 1. The average Bonchev–Trinajstić information content (AvgIpc) is 3.64. The van der Waals surface area contributed by atoms with Crippen molar-refractivity contribution in [1.29, 1.82) is 0 Å². The lowest BCUT2D eigenvalue weighted by Gasteiger charge is -2.15. The van der Waals surface area contributed by atoms with Crippen LogP contribution >= 0.6 is 11.6 Å². The van der Waals surface area contributed by atoms with E-state index in [0.29, 0.717) is 40.6 Å². The molecule has 6 rings (SSSR count). The Hall–Kier alpha value is -4.57. The van der Waals surface area contributed by atoms with Gasteiger partial charge in [-0.25, -0.2) is 9.78 Å². The first kappa shape index (κ1) is 22.9. The fourth-order valence-electron chi connectivity index (χ4n) is 4.89. The van der Waals surface area contributed by atoms with Crippen LogP contribution in [-0.4, -0.2) is 45.8 Å². The number of aromatic nitrogens is 7. The number of fused-ring (bicyclic) bond motifs is 1. The molecule has 184 valence electrons. The van der Waals surface area contributed by atoms with Crippen LogP contribution in [0.1, 0.15) is 39.9 Å². The molecule has 2 aromatic carbocycles. The molecule has 2 N–H and O–H groups in total. The molecule has 0 fully saturated rings. The first-order chi connectivity index (χ1) is 17.9. The number of aromatic carboxylic acids is 1. The highest BCUT2D eigenvalue weighted by atomic mass is 35.5. The number of halogens is 1. The Bertz CT molecular complexity index is 1720. The number of benzene rings is 2. The van der Waals surface area contributed by atoms with Crippen molar-refractivity contribution in [2.75, 3.05) is 0 Å². The molecule has 1 aliphatic heterocycles. The van der Waals surface area contributed by atoms with Crippen LogP contribution in [0, 0.1) is 6.92 Å². The van der Waals surface area contributed by atoms with Gasteiger partial charge in [0, 0.05) is 27.9 Å². The minimum atomic E-state index is -0.978. The van der Waals surface area contributed by atoms with Crippen LogP contribution in [0.25, 0.3) is 28.1 Å². The lowest BCUT2D eigenvalue weighted by Crippen LogP contribution is -2.23. The largest absolute Gasteiger partial charge is 0.478 e. The standard InChI is InChI=1S/C26H20ClN7O3/c1-14-2-3-15(9-19(14)26(36)37)21-12-28-25(30-21)23-7-5-18-8-16(10-24(35)34(18)23)20-11-17(27)4-6-22(20)33-13-29-31-32-33/h2-4,6,8-13,23H,5,7H2,1H3,(H,28,30)(H,36,37)/t23-/m0/s1. The molecular weight excluding hydrogens is 494 g/mol. The van der Waals surface area contributed by atoms with Crippen molar-refractivity contribution in [3.05, 3.63) is 99.1 Å². The highest BCUT2D eigenvalue weighted by Crippen LogP contribution is 2.34. The molecule has 0 unspecified atom stereocenters. The van der Waals surface area contributed by atoms with Crippen LogP contribution in [0.4, 0.5) is 0 Å². The van der Waals surface area contributed by atoms with Crippen molar-refractivity contribution < 1.29 is 9.90 Å². The van der Waals surface area contributed by atoms with Crippen LogP contribution < -0.4 is 5.56 Å². The number of carboxylic acid groups (broad SMARTS) is 1. The van der Waals surface area contributed by atoms with Gasteiger partial charge in [0.1, 0.15) is 12.2 Å². The number of tetrazole rings is 1. The van der Waals surface area contributed by atoms with E-state index in [0.717, 1.165) is 22.4 Å². The third-order valence-electron chi connectivity index (χ3n) is 6.69. The molecular formula is C26H20ClN7O3. The Balaban J connectivity index is 1.37. The Kier molecular flexibility index (Phi) is 5.45. The van der Waals surface area contributed by atoms with Gasteiger partial charge in [-0.1, -0.05) is 23.7 Å². The molecule has 0 aliphatic carbocycles. The van der Waals surface area contributed by atoms with Gasteiger partial charge < -0.3 is 14.7 Å². The molecule has 1 aliphatic rings. The lowest BCUT2D eigenvalue weighted by atomic mass is 10.0. The summed E-state index contributed by atoms with van der Waals surface area (Å²) in [5.74, 6) is -0.327. The van der Waals surface area contributed by atoms with Gasteiger partial charge in [-0.3, -0.25) is 4.79 Å². The summed E-state index contributed by atoms with van der Waals surface area (Å²) in [6, 6.07) is 13.9. The Morgan fingerprint density at radius 1 is 1.14 bits per heavy atom. The SMILES string of the molecule is Cc1ccc(-c2cnc([C@@H]3CCc4cc(-c5cc(Cl)ccc5-n5cnnn5)cc(=O)n43)[nH]2)cc1C(=O)O. The quantitative estimate of drug-likeness (QED) is 0.362. The highest BCUT2D eigenvalue weighted by molar-refractivity contribution is 6.31. The zero-order valence-corrected chi connectivity index (χ0v) is 20.3. The van der Waals surface area contributed by atoms with Gasteiger partial charge in [-0.05, 0) is 71.7 Å². The topological polar surface area (TPSA) is 132 Å². The number of aromatic amines is 1. The summed E-state index contributed by atoms with van der Waals surface area (Å²) in [4.78, 5) is 32.8. The number of hydrogen-bond donors (Lipinski definition) is 2. The monoisotopic (exact) mass is 513 g/mol. The number of nitrogens with zero attached hydrogens (tertiary/aromatic N) is 6. The number of carboxylic acids is 1. The van der Waals surface area contributed by atoms with Crippen LogP contribution in [-0.2, 0) is 6.42 Å². The molecule has 37 heavy (non-hydrogen) atoms. The maximum atomic E-state index is 13.4. The summed E-state index contributed by atoms with van der Waals surface area (Å²) in [6.07, 6.45) is 4.56. The number of rotatable bonds is 5. The molecule has 1 atom stereocenters. The summed E-state index contributed by atoms with van der Waals surface area (Å²) < 4.78 is 3.29. The molecule has 0 saturated heterocycles. The second kappa shape index (κ2) is 8.82. The summed E-state index contributed by atoms with van der Waals surface area (Å²) in [7, 11) is 0. The Morgan fingerprint density at radius 2 is 2.00 bits per heavy atom. The van der Waals surface area contributed by atoms with Gasteiger partial charge in [0.05, 0.1) is 29.2 Å². The van der Waals surface area contributed by atoms with E-state index in [2.05, 4.69) is 25.5 Å². The first-order valence-corrected chi connectivity index (χ1v) is 11.9. The van der Waals surface area contributed by atoms with Crippen LogP contribution in [0.2, 0.25) is 5.02 Å². The minimum Gasteiger partial charge on any atom is -0.478 e. The number of imidazole rings is 1. The predicted molar refractivity (Wildman–Crippen MR) is 136 cm³/mol. The third kappa shape index (κ3) is 4.01. The fraction of sp³-hybridized carbons (Fsp3) is 0.154. The van der Waals surface area contributed by atoms with Crippen molar-refractivity contribution in [1.82, 2.24) is 34.7 Å². The van der Waals surface area contributed by atoms with E-state index in [1.165, 1.54) is 11.0 Å². The average molecular weight is 514 g/mol. The van der Waals surface area contributed by atoms with Gasteiger partial charge in [-0.15, -0.1) is 5.10 Å². The van der Waals surface area contributed by atoms with E-state index >= 15 is 0 Å². The van der Waals surface area contributed by atoms with Crippen molar-refractivity contribution in [3.63, 3.8) is 0 Å². The van der Waals surface area contributed by atoms with Gasteiger partial charge >= 0.3 is 5.97 Å². The number of carbonyl (C=O) groups is 1. The number of pyridine rings is 1. The fourth-order valence-corrected chi connectivity index (χ4v) is 5.07. The molecule has 3 aromatic heterocycles. The maximum absolute atomic E-state index is 13.4. The molecule has 4 heterocycles. The normalized spacial score (nSPS) is 14.6. The number of hydrogen-bond acceptors (Lipinski definition) is 6. The van der Waals surface area contributed by atoms with Gasteiger partial charge in [0.15, 0.2) is 0 Å². The van der Waals surface area contributed by atoms with Crippen LogP contribution in [0.3, 0.4) is 0 Å². The van der Waals surface area contributed by atoms with Crippen molar-refractivity contribution >= 4 is 17.6 Å². The lowest BCUT2D eigenvalue weighted by molar-refractivity contribution is 0.0696. The molecule has 11 heteroatoms. The molecule has 10 nitrogen and oxygen atoms in total. The van der Waals surface area contributed by atoms with Crippen LogP contribution in [0.5, 0.6) is 0 Å². The first-order valence-electron chi connectivity index (χ1n) is 11.6. The van der Waals surface area contributed by atoms with E-state index < -0.39 is 5.97 Å². The van der Waals surface area contributed by atoms with Crippen LogP contribution in [0.15, 0.2) is 65.8 Å². The summed E-state index contributed by atoms with van der Waals surface area (Å²) in [5, 5.41) is 21.4. The summed E-state index contributed by atoms with van der Waals surface area (Å²) in [6.45, 7) is 1.76. The van der Waals surface area contributed by atoms with E-state index in [4.69, 9.17) is 11.6 Å². The highest BCUT2D eigenvalue weighted by Gasteiger charge is 2.28. The molecule has 0 radical (unpaired) electrons. The molecule has 0 saturated carbocycles. The maximum Gasteiger partial charge on any atom is 0.335 e. The van der Waals surface area contributed by atoms with Crippen molar-refractivity contribution in [2.45, 2.75) is 25.8 Å². The second-order valence-electron chi connectivity index (χ2n) is 8.93. The zero-order chi connectivity index (χ0) is 25.7.